The van der Waals surface area contributed by atoms with Crippen molar-refractivity contribution in [3.8, 4) is 0 Å². The average molecular weight is 242 g/mol. The molecule has 0 amide bonds. The van der Waals surface area contributed by atoms with Gasteiger partial charge in [0.05, 0.1) is 6.42 Å². The molecule has 1 aromatic rings. The zero-order valence-electron chi connectivity index (χ0n) is 10.8. The van der Waals surface area contributed by atoms with Gasteiger partial charge in [-0.3, -0.25) is 4.79 Å². The Morgan fingerprint density at radius 1 is 1.28 bits per heavy atom. The lowest BCUT2D eigenvalue weighted by molar-refractivity contribution is -0.155. The van der Waals surface area contributed by atoms with Crippen LogP contribution < -0.4 is 0 Å². The first-order chi connectivity index (χ1) is 8.60. The highest BCUT2D eigenvalue weighted by atomic mass is 16.6. The molecule has 2 rings (SSSR count). The summed E-state index contributed by atoms with van der Waals surface area (Å²) in [5.41, 5.74) is 0.453. The topological polar surface area (TPSA) is 26.3 Å². The van der Waals surface area contributed by atoms with Crippen molar-refractivity contribution in [2.24, 2.45) is 5.92 Å². The van der Waals surface area contributed by atoms with E-state index in [0.717, 1.165) is 5.56 Å². The monoisotopic (exact) mass is 242 g/mol. The van der Waals surface area contributed by atoms with Crippen molar-refractivity contribution in [2.75, 3.05) is 0 Å². The third-order valence-electron chi connectivity index (χ3n) is 3.37. The number of allylic oxidation sites excluding steroid dienone is 2. The molecule has 0 fully saturated rings. The molecule has 0 heterocycles. The maximum absolute atomic E-state index is 12.0. The second kappa shape index (κ2) is 5.21. The Hall–Kier alpha value is -1.83. The fraction of sp³-hybridized carbons (Fsp3) is 0.312. The van der Waals surface area contributed by atoms with Gasteiger partial charge in [0.25, 0.3) is 0 Å². The number of rotatable bonds is 3. The van der Waals surface area contributed by atoms with Gasteiger partial charge in [0.1, 0.15) is 5.60 Å². The van der Waals surface area contributed by atoms with Gasteiger partial charge in [-0.25, -0.2) is 0 Å². The van der Waals surface area contributed by atoms with Crippen LogP contribution >= 0.6 is 0 Å². The summed E-state index contributed by atoms with van der Waals surface area (Å²) >= 11 is 0. The average Bonchev–Trinajstić information content (AvgIpc) is 2.34. The molecule has 0 saturated heterocycles. The van der Waals surface area contributed by atoms with E-state index in [0.29, 0.717) is 6.42 Å². The van der Waals surface area contributed by atoms with Gasteiger partial charge in [-0.05, 0) is 18.6 Å². The third kappa shape index (κ3) is 2.89. The van der Waals surface area contributed by atoms with Crippen LogP contribution in [0.15, 0.2) is 54.6 Å². The van der Waals surface area contributed by atoms with Crippen LogP contribution in [-0.2, 0) is 16.0 Å². The summed E-state index contributed by atoms with van der Waals surface area (Å²) in [6, 6.07) is 9.66. The highest BCUT2D eigenvalue weighted by Gasteiger charge is 2.32. The van der Waals surface area contributed by atoms with E-state index < -0.39 is 5.60 Å². The Kier molecular flexibility index (Phi) is 3.66. The van der Waals surface area contributed by atoms with E-state index in [2.05, 4.69) is 13.0 Å². The maximum Gasteiger partial charge on any atom is 0.311 e. The Balaban J connectivity index is 2.00. The molecule has 1 aliphatic rings. The van der Waals surface area contributed by atoms with Gasteiger partial charge in [0.15, 0.2) is 0 Å². The second-order valence-corrected chi connectivity index (χ2v) is 4.85. The van der Waals surface area contributed by atoms with Crippen LogP contribution in [-0.4, -0.2) is 11.6 Å². The molecule has 2 heteroatoms. The number of carbonyl (C=O) groups excluding carboxylic acids is 1. The van der Waals surface area contributed by atoms with Crippen molar-refractivity contribution < 1.29 is 9.53 Å². The fourth-order valence-corrected chi connectivity index (χ4v) is 1.99. The highest BCUT2D eigenvalue weighted by Crippen LogP contribution is 2.28. The normalized spacial score (nSPS) is 26.0. The first-order valence-corrected chi connectivity index (χ1v) is 6.22. The Morgan fingerprint density at radius 2 is 2.00 bits per heavy atom. The summed E-state index contributed by atoms with van der Waals surface area (Å²) in [6.45, 7) is 4.00. The standard InChI is InChI=1S/C16H18O2/c1-13-8-6-7-11-16(13,2)18-15(17)12-14-9-4-3-5-10-14/h3-11,13H,12H2,1-2H3. The minimum absolute atomic E-state index is 0.185. The van der Waals surface area contributed by atoms with Crippen LogP contribution in [0.2, 0.25) is 0 Å². The lowest BCUT2D eigenvalue weighted by Crippen LogP contribution is -2.37. The minimum atomic E-state index is -0.527. The minimum Gasteiger partial charge on any atom is -0.454 e. The van der Waals surface area contributed by atoms with Gasteiger partial charge in [0.2, 0.25) is 0 Å². The number of hydrogen-bond acceptors (Lipinski definition) is 2. The van der Waals surface area contributed by atoms with Crippen LogP contribution in [0, 0.1) is 5.92 Å². The van der Waals surface area contributed by atoms with E-state index >= 15 is 0 Å². The third-order valence-corrected chi connectivity index (χ3v) is 3.37. The van der Waals surface area contributed by atoms with E-state index in [1.54, 1.807) is 0 Å². The quantitative estimate of drug-likeness (QED) is 0.760. The summed E-state index contributed by atoms with van der Waals surface area (Å²) in [7, 11) is 0. The molecule has 0 bridgehead atoms. The molecule has 0 aromatic heterocycles. The molecule has 18 heavy (non-hydrogen) atoms. The van der Waals surface area contributed by atoms with Crippen molar-refractivity contribution in [3.63, 3.8) is 0 Å². The van der Waals surface area contributed by atoms with Crippen molar-refractivity contribution in [1.29, 1.82) is 0 Å². The Morgan fingerprint density at radius 3 is 2.67 bits per heavy atom. The van der Waals surface area contributed by atoms with Crippen LogP contribution in [0.1, 0.15) is 19.4 Å². The van der Waals surface area contributed by atoms with Gasteiger partial charge in [-0.1, -0.05) is 55.5 Å². The number of hydrogen-bond donors (Lipinski definition) is 0. The molecule has 2 nitrogen and oxygen atoms in total. The van der Waals surface area contributed by atoms with Crippen molar-refractivity contribution in [2.45, 2.75) is 25.9 Å². The molecule has 0 N–H and O–H groups in total. The highest BCUT2D eigenvalue weighted by molar-refractivity contribution is 5.73. The van der Waals surface area contributed by atoms with Crippen molar-refractivity contribution >= 4 is 5.97 Å². The zero-order valence-corrected chi connectivity index (χ0v) is 10.8. The van der Waals surface area contributed by atoms with E-state index in [1.165, 1.54) is 0 Å². The predicted octanol–water partition coefficient (Wildman–Crippen LogP) is 3.29. The molecule has 1 aromatic carbocycles. The SMILES string of the molecule is CC1C=CC=CC1(C)OC(=O)Cc1ccccc1. The van der Waals surface area contributed by atoms with Gasteiger partial charge in [-0.2, -0.15) is 0 Å². The molecule has 0 saturated carbocycles. The van der Waals surface area contributed by atoms with Gasteiger partial charge in [-0.15, -0.1) is 0 Å². The van der Waals surface area contributed by atoms with Gasteiger partial charge >= 0.3 is 5.97 Å². The lowest BCUT2D eigenvalue weighted by atomic mass is 9.87. The molecular weight excluding hydrogens is 224 g/mol. The second-order valence-electron chi connectivity index (χ2n) is 4.85. The largest absolute Gasteiger partial charge is 0.454 e. The summed E-state index contributed by atoms with van der Waals surface area (Å²) in [6.07, 6.45) is 8.23. The molecule has 2 unspecified atom stereocenters. The maximum atomic E-state index is 12.0. The summed E-state index contributed by atoms with van der Waals surface area (Å²) in [5.74, 6) is 0.0118. The smallest absolute Gasteiger partial charge is 0.311 e. The van der Waals surface area contributed by atoms with Gasteiger partial charge in [0, 0.05) is 5.92 Å². The molecule has 0 aliphatic heterocycles. The number of carbonyl (C=O) groups is 1. The molecule has 0 spiro atoms. The van der Waals surface area contributed by atoms with E-state index in [9.17, 15) is 4.79 Å². The Labute approximate surface area is 108 Å². The Bertz CT molecular complexity index is 473. The van der Waals surface area contributed by atoms with Crippen molar-refractivity contribution in [1.82, 2.24) is 0 Å². The van der Waals surface area contributed by atoms with E-state index in [-0.39, 0.29) is 11.9 Å². The number of esters is 1. The molecule has 94 valence electrons. The summed E-state index contributed by atoms with van der Waals surface area (Å²) < 4.78 is 5.62. The number of ether oxygens (including phenoxy) is 1. The number of benzene rings is 1. The predicted molar refractivity (Wildman–Crippen MR) is 72.1 cm³/mol. The van der Waals surface area contributed by atoms with Crippen LogP contribution in [0.3, 0.4) is 0 Å². The van der Waals surface area contributed by atoms with Crippen molar-refractivity contribution in [3.05, 3.63) is 60.2 Å². The zero-order chi connectivity index (χ0) is 13.0. The first-order valence-electron chi connectivity index (χ1n) is 6.22. The van der Waals surface area contributed by atoms with E-state index in [1.807, 2.05) is 55.5 Å². The summed E-state index contributed by atoms with van der Waals surface area (Å²) in [4.78, 5) is 12.0. The molecule has 2 atom stereocenters. The molecule has 1 aliphatic carbocycles. The lowest BCUT2D eigenvalue weighted by Gasteiger charge is -2.32. The van der Waals surface area contributed by atoms with Crippen LogP contribution in [0.5, 0.6) is 0 Å². The van der Waals surface area contributed by atoms with Crippen LogP contribution in [0.4, 0.5) is 0 Å². The molecule has 0 radical (unpaired) electrons. The van der Waals surface area contributed by atoms with E-state index in [4.69, 9.17) is 4.74 Å². The first kappa shape index (κ1) is 12.6. The van der Waals surface area contributed by atoms with Crippen LogP contribution in [0.25, 0.3) is 0 Å². The molecular formula is C16H18O2. The fourth-order valence-electron chi connectivity index (χ4n) is 1.99. The summed E-state index contributed by atoms with van der Waals surface area (Å²) in [5, 5.41) is 0. The van der Waals surface area contributed by atoms with Gasteiger partial charge < -0.3 is 4.74 Å².